The van der Waals surface area contributed by atoms with E-state index in [1.165, 1.54) is 6.92 Å². The van der Waals surface area contributed by atoms with Crippen LogP contribution in [0.25, 0.3) is 0 Å². The highest BCUT2D eigenvalue weighted by molar-refractivity contribution is 6.14. The Balaban J connectivity index is 2.65. The van der Waals surface area contributed by atoms with Gasteiger partial charge in [0.2, 0.25) is 0 Å². The molecule has 1 aliphatic rings. The molecule has 27 heavy (non-hydrogen) atoms. The fourth-order valence-electron chi connectivity index (χ4n) is 2.94. The van der Waals surface area contributed by atoms with Gasteiger partial charge in [0, 0.05) is 12.1 Å². The molecule has 1 heterocycles. The van der Waals surface area contributed by atoms with Crippen LogP contribution >= 0.6 is 0 Å². The highest BCUT2D eigenvalue weighted by atomic mass is 19.4. The Morgan fingerprint density at radius 3 is 2.41 bits per heavy atom. The first-order valence-electron chi connectivity index (χ1n) is 8.29. The first-order chi connectivity index (χ1) is 12.5. The van der Waals surface area contributed by atoms with E-state index in [1.54, 1.807) is 13.8 Å². The number of carbonyl (C=O) groups is 3. The zero-order valence-corrected chi connectivity index (χ0v) is 15.3. The lowest BCUT2D eigenvalue weighted by atomic mass is 9.93. The Hall–Kier alpha value is -2.58. The topological polar surface area (TPSA) is 72.9 Å². The summed E-state index contributed by atoms with van der Waals surface area (Å²) >= 11 is 0. The number of nitrogens with zero attached hydrogens (tertiary/aromatic N) is 1. The third kappa shape index (κ3) is 4.23. The van der Waals surface area contributed by atoms with Gasteiger partial charge in [-0.1, -0.05) is 0 Å². The van der Waals surface area contributed by atoms with Crippen LogP contribution in [0.5, 0.6) is 0 Å². The SMILES string of the molecule is COC(=O)C1CCN(C(=O)OC(C)C)c2cc(C(F)(F)F)c(C)cc2C1=O. The number of halogens is 3. The summed E-state index contributed by atoms with van der Waals surface area (Å²) < 4.78 is 49.7. The van der Waals surface area contributed by atoms with E-state index in [1.807, 2.05) is 0 Å². The van der Waals surface area contributed by atoms with Crippen molar-refractivity contribution in [2.24, 2.45) is 5.92 Å². The van der Waals surface area contributed by atoms with Gasteiger partial charge in [0.05, 0.1) is 24.5 Å². The molecule has 0 radical (unpaired) electrons. The average Bonchev–Trinajstić information content (AvgIpc) is 2.69. The number of Topliss-reactive ketones (excluding diaryl/α,β-unsaturated/α-hetero) is 1. The maximum atomic E-state index is 13.3. The maximum absolute atomic E-state index is 13.3. The number of anilines is 1. The second-order valence-corrected chi connectivity index (χ2v) is 6.49. The molecule has 2 rings (SSSR count). The lowest BCUT2D eigenvalue weighted by molar-refractivity contribution is -0.143. The van der Waals surface area contributed by atoms with Gasteiger partial charge >= 0.3 is 18.2 Å². The number of carbonyl (C=O) groups excluding carboxylic acids is 3. The first-order valence-corrected chi connectivity index (χ1v) is 8.29. The highest BCUT2D eigenvalue weighted by Crippen LogP contribution is 2.39. The number of esters is 1. The molecule has 0 aromatic heterocycles. The molecular formula is C18H20F3NO5. The second kappa shape index (κ2) is 7.58. The Kier molecular flexibility index (Phi) is 5.82. The van der Waals surface area contributed by atoms with Crippen molar-refractivity contribution in [1.82, 2.24) is 0 Å². The molecule has 0 bridgehead atoms. The number of amides is 1. The van der Waals surface area contributed by atoms with Gasteiger partial charge in [-0.3, -0.25) is 14.5 Å². The number of methoxy groups -OCH3 is 1. The minimum atomic E-state index is -4.66. The molecular weight excluding hydrogens is 367 g/mol. The molecule has 1 aromatic rings. The van der Waals surface area contributed by atoms with Crippen LogP contribution in [-0.2, 0) is 20.4 Å². The van der Waals surface area contributed by atoms with Crippen molar-refractivity contribution in [3.05, 3.63) is 28.8 Å². The van der Waals surface area contributed by atoms with Gasteiger partial charge < -0.3 is 9.47 Å². The number of ether oxygens (including phenoxy) is 2. The van der Waals surface area contributed by atoms with Crippen molar-refractivity contribution in [3.63, 3.8) is 0 Å². The highest BCUT2D eigenvalue weighted by Gasteiger charge is 2.40. The van der Waals surface area contributed by atoms with E-state index in [-0.39, 0.29) is 29.8 Å². The summed E-state index contributed by atoms with van der Waals surface area (Å²) in [5.41, 5.74) is -1.52. The number of rotatable bonds is 2. The van der Waals surface area contributed by atoms with Gasteiger partial charge in [0.25, 0.3) is 0 Å². The average molecular weight is 387 g/mol. The normalized spacial score (nSPS) is 17.4. The summed E-state index contributed by atoms with van der Waals surface area (Å²) in [6.07, 6.45) is -6.15. The number of hydrogen-bond donors (Lipinski definition) is 0. The number of fused-ring (bicyclic) bond motifs is 1. The number of alkyl halides is 3. The summed E-state index contributed by atoms with van der Waals surface area (Å²) in [4.78, 5) is 38.1. The van der Waals surface area contributed by atoms with Gasteiger partial charge in [-0.05, 0) is 44.9 Å². The smallest absolute Gasteiger partial charge is 0.416 e. The van der Waals surface area contributed by atoms with Crippen molar-refractivity contribution in [2.45, 2.75) is 39.5 Å². The minimum Gasteiger partial charge on any atom is -0.468 e. The van der Waals surface area contributed by atoms with E-state index < -0.39 is 41.6 Å². The summed E-state index contributed by atoms with van der Waals surface area (Å²) in [5.74, 6) is -2.70. The monoisotopic (exact) mass is 387 g/mol. The molecule has 1 atom stereocenters. The van der Waals surface area contributed by atoms with Crippen molar-refractivity contribution >= 4 is 23.5 Å². The summed E-state index contributed by atoms with van der Waals surface area (Å²) in [6.45, 7) is 4.24. The van der Waals surface area contributed by atoms with E-state index in [4.69, 9.17) is 4.74 Å². The van der Waals surface area contributed by atoms with Crippen LogP contribution in [0.4, 0.5) is 23.7 Å². The fraction of sp³-hybridized carbons (Fsp3) is 0.500. The molecule has 1 aromatic carbocycles. The van der Waals surface area contributed by atoms with Crippen molar-refractivity contribution in [3.8, 4) is 0 Å². The second-order valence-electron chi connectivity index (χ2n) is 6.49. The lowest BCUT2D eigenvalue weighted by Crippen LogP contribution is -2.35. The van der Waals surface area contributed by atoms with E-state index >= 15 is 0 Å². The number of benzene rings is 1. The fourth-order valence-corrected chi connectivity index (χ4v) is 2.94. The Labute approximate surface area is 154 Å². The third-order valence-electron chi connectivity index (χ3n) is 4.20. The van der Waals surface area contributed by atoms with Gasteiger partial charge in [-0.2, -0.15) is 13.2 Å². The Morgan fingerprint density at radius 2 is 1.89 bits per heavy atom. The standard InChI is InChI=1S/C18H20F3NO5/c1-9(2)27-17(25)22-6-5-11(16(24)26-4)15(23)12-7-10(3)13(8-14(12)22)18(19,20)21/h7-9,11H,5-6H2,1-4H3. The van der Waals surface area contributed by atoms with Crippen molar-refractivity contribution in [1.29, 1.82) is 0 Å². The molecule has 0 fully saturated rings. The van der Waals surface area contributed by atoms with Crippen molar-refractivity contribution in [2.75, 3.05) is 18.6 Å². The predicted octanol–water partition coefficient (Wildman–Crippen LogP) is 3.74. The van der Waals surface area contributed by atoms with Crippen LogP contribution in [0.1, 0.15) is 41.8 Å². The van der Waals surface area contributed by atoms with Gasteiger partial charge in [0.15, 0.2) is 5.78 Å². The molecule has 1 aliphatic heterocycles. The van der Waals surface area contributed by atoms with Gasteiger partial charge in [-0.25, -0.2) is 4.79 Å². The quantitative estimate of drug-likeness (QED) is 0.571. The molecule has 0 saturated heterocycles. The van der Waals surface area contributed by atoms with Crippen LogP contribution < -0.4 is 4.90 Å². The van der Waals surface area contributed by atoms with Crippen molar-refractivity contribution < 1.29 is 37.0 Å². The molecule has 1 amide bonds. The van der Waals surface area contributed by atoms with E-state index in [0.717, 1.165) is 24.1 Å². The zero-order chi connectivity index (χ0) is 20.5. The van der Waals surface area contributed by atoms with E-state index in [9.17, 15) is 27.6 Å². The summed E-state index contributed by atoms with van der Waals surface area (Å²) in [6, 6.07) is 1.81. The maximum Gasteiger partial charge on any atom is 0.416 e. The summed E-state index contributed by atoms with van der Waals surface area (Å²) in [7, 11) is 1.12. The number of aryl methyl sites for hydroxylation is 1. The van der Waals surface area contributed by atoms with Crippen LogP contribution in [0, 0.1) is 12.8 Å². The molecule has 0 saturated carbocycles. The Bertz CT molecular complexity index is 773. The predicted molar refractivity (Wildman–Crippen MR) is 89.6 cm³/mol. The first kappa shape index (κ1) is 20.7. The zero-order valence-electron chi connectivity index (χ0n) is 15.3. The largest absolute Gasteiger partial charge is 0.468 e. The van der Waals surface area contributed by atoms with Gasteiger partial charge in [0.1, 0.15) is 5.92 Å². The molecule has 1 unspecified atom stereocenters. The van der Waals surface area contributed by atoms with Crippen LogP contribution in [0.3, 0.4) is 0 Å². The molecule has 0 aliphatic carbocycles. The summed E-state index contributed by atoms with van der Waals surface area (Å²) in [5, 5.41) is 0. The van der Waals surface area contributed by atoms with Crippen LogP contribution in [0.15, 0.2) is 12.1 Å². The minimum absolute atomic E-state index is 0.0895. The van der Waals surface area contributed by atoms with E-state index in [0.29, 0.717) is 0 Å². The lowest BCUT2D eigenvalue weighted by Gasteiger charge is -2.24. The van der Waals surface area contributed by atoms with Gasteiger partial charge in [-0.15, -0.1) is 0 Å². The third-order valence-corrected chi connectivity index (χ3v) is 4.20. The van der Waals surface area contributed by atoms with Crippen LogP contribution in [0.2, 0.25) is 0 Å². The number of ketones is 1. The number of hydrogen-bond acceptors (Lipinski definition) is 5. The molecule has 148 valence electrons. The van der Waals surface area contributed by atoms with Crippen LogP contribution in [-0.4, -0.2) is 37.6 Å². The van der Waals surface area contributed by atoms with E-state index in [2.05, 4.69) is 4.74 Å². The molecule has 9 heteroatoms. The molecule has 6 nitrogen and oxygen atoms in total. The molecule has 0 N–H and O–H groups in total. The molecule has 0 spiro atoms. The Morgan fingerprint density at radius 1 is 1.26 bits per heavy atom.